The summed E-state index contributed by atoms with van der Waals surface area (Å²) in [5.74, 6) is 0.474. The van der Waals surface area contributed by atoms with Gasteiger partial charge in [-0.2, -0.15) is 4.31 Å². The zero-order valence-electron chi connectivity index (χ0n) is 9.17. The number of hydroxylamine groups is 1. The highest BCUT2D eigenvalue weighted by Gasteiger charge is 2.47. The smallest absolute Gasteiger partial charge is 0.350 e. The summed E-state index contributed by atoms with van der Waals surface area (Å²) in [7, 11) is 5.23. The van der Waals surface area contributed by atoms with Gasteiger partial charge in [0.15, 0.2) is 11.9 Å². The molecule has 0 aromatic rings. The molecule has 6 nitrogen and oxygen atoms in total. The van der Waals surface area contributed by atoms with Crippen LogP contribution in [0.15, 0.2) is 11.9 Å². The standard InChI is InChI=1S/C8H14N4O2S/c1-6-10(3)7-5-9(2)15(14)11(4)8(7)12(6)13/h5-6H,1-4H3. The molecule has 84 valence electrons. The molecule has 0 aromatic carbocycles. The Hall–Kier alpha value is -1.08. The SMILES string of the molecule is CC1N(C)C2=CN(C)[S+]([O-])N(C)C2=[N+]1[O-]. The number of fused-ring (bicyclic) bond motifs is 1. The van der Waals surface area contributed by atoms with Gasteiger partial charge in [-0.1, -0.05) is 0 Å². The fraction of sp³-hybridized carbons (Fsp3) is 0.625. The number of likely N-dealkylation sites (N-methyl/N-ethyl adjacent to an activating group) is 2. The molecule has 2 atom stereocenters. The Bertz CT molecular complexity index is 357. The number of hydrogen-bond donors (Lipinski definition) is 0. The summed E-state index contributed by atoms with van der Waals surface area (Å²) in [5, 5.41) is 11.8. The molecule has 0 aromatic heterocycles. The summed E-state index contributed by atoms with van der Waals surface area (Å²) in [4.78, 5) is 1.87. The summed E-state index contributed by atoms with van der Waals surface area (Å²) in [6.07, 6.45) is 1.48. The second-order valence-corrected chi connectivity index (χ2v) is 5.27. The van der Waals surface area contributed by atoms with E-state index < -0.39 is 11.5 Å². The molecule has 15 heavy (non-hydrogen) atoms. The van der Waals surface area contributed by atoms with Crippen molar-refractivity contribution in [2.75, 3.05) is 21.1 Å². The Balaban J connectivity index is 2.51. The van der Waals surface area contributed by atoms with Crippen LogP contribution >= 0.6 is 0 Å². The minimum Gasteiger partial charge on any atom is -0.713 e. The number of hydrogen-bond acceptors (Lipinski definition) is 5. The minimum absolute atomic E-state index is 0.253. The van der Waals surface area contributed by atoms with Crippen molar-refractivity contribution in [1.82, 2.24) is 13.5 Å². The van der Waals surface area contributed by atoms with Gasteiger partial charge in [-0.05, 0) is 11.2 Å². The highest BCUT2D eigenvalue weighted by atomic mass is 32.2. The first-order valence-corrected chi connectivity index (χ1v) is 5.68. The third-order valence-corrected chi connectivity index (χ3v) is 4.04. The molecular formula is C8H14N4O2S. The fourth-order valence-corrected chi connectivity index (χ4v) is 2.64. The first-order chi connectivity index (χ1) is 6.95. The summed E-state index contributed by atoms with van der Waals surface area (Å²) < 4.78 is 15.7. The lowest BCUT2D eigenvalue weighted by Crippen LogP contribution is -2.47. The Morgan fingerprint density at radius 1 is 1.40 bits per heavy atom. The van der Waals surface area contributed by atoms with Crippen LogP contribution in [0.3, 0.4) is 0 Å². The monoisotopic (exact) mass is 230 g/mol. The van der Waals surface area contributed by atoms with Crippen molar-refractivity contribution in [3.63, 3.8) is 0 Å². The van der Waals surface area contributed by atoms with Crippen LogP contribution in [0.5, 0.6) is 0 Å². The summed E-state index contributed by atoms with van der Waals surface area (Å²) in [5.41, 5.74) is 0.808. The maximum atomic E-state index is 11.8. The van der Waals surface area contributed by atoms with Crippen LogP contribution in [0.4, 0.5) is 0 Å². The second kappa shape index (κ2) is 3.21. The first kappa shape index (κ1) is 10.4. The van der Waals surface area contributed by atoms with Gasteiger partial charge in [0.2, 0.25) is 0 Å². The van der Waals surface area contributed by atoms with E-state index in [1.54, 1.807) is 24.6 Å². The van der Waals surface area contributed by atoms with Gasteiger partial charge in [-0.25, -0.2) is 4.74 Å². The van der Waals surface area contributed by atoms with Crippen LogP contribution in [0.25, 0.3) is 0 Å². The lowest BCUT2D eigenvalue weighted by molar-refractivity contribution is -0.511. The van der Waals surface area contributed by atoms with Gasteiger partial charge in [0.1, 0.15) is 7.05 Å². The first-order valence-electron chi connectivity index (χ1n) is 4.62. The number of rotatable bonds is 0. The van der Waals surface area contributed by atoms with Gasteiger partial charge in [0, 0.05) is 7.05 Å². The molecule has 0 saturated carbocycles. The third kappa shape index (κ3) is 1.26. The van der Waals surface area contributed by atoms with Gasteiger partial charge in [-0.3, -0.25) is 0 Å². The molecule has 2 heterocycles. The zero-order chi connectivity index (χ0) is 11.3. The summed E-state index contributed by atoms with van der Waals surface area (Å²) in [6, 6.07) is 0. The normalized spacial score (nSPS) is 31.0. The Morgan fingerprint density at radius 3 is 2.60 bits per heavy atom. The molecule has 0 saturated heterocycles. The van der Waals surface area contributed by atoms with Gasteiger partial charge in [0.25, 0.3) is 11.5 Å². The van der Waals surface area contributed by atoms with Crippen molar-refractivity contribution in [3.8, 4) is 0 Å². The van der Waals surface area contributed by atoms with E-state index in [0.717, 1.165) is 10.4 Å². The van der Waals surface area contributed by atoms with E-state index in [1.807, 2.05) is 18.9 Å². The molecule has 2 aliphatic heterocycles. The van der Waals surface area contributed by atoms with E-state index >= 15 is 0 Å². The molecule has 0 radical (unpaired) electrons. The largest absolute Gasteiger partial charge is 0.713 e. The van der Waals surface area contributed by atoms with E-state index in [-0.39, 0.29) is 6.17 Å². The molecule has 2 aliphatic rings. The van der Waals surface area contributed by atoms with Crippen molar-refractivity contribution < 1.29 is 9.29 Å². The maximum absolute atomic E-state index is 11.8. The molecule has 0 N–H and O–H groups in total. The van der Waals surface area contributed by atoms with Crippen LogP contribution < -0.4 is 0 Å². The average molecular weight is 230 g/mol. The lowest BCUT2D eigenvalue weighted by atomic mass is 10.4. The third-order valence-electron chi connectivity index (χ3n) is 2.80. The van der Waals surface area contributed by atoms with Gasteiger partial charge >= 0.3 is 5.84 Å². The van der Waals surface area contributed by atoms with Gasteiger partial charge < -0.3 is 14.7 Å². The molecule has 0 fully saturated rings. The predicted molar refractivity (Wildman–Crippen MR) is 57.6 cm³/mol. The molecule has 2 rings (SSSR count). The quantitative estimate of drug-likeness (QED) is 0.318. The van der Waals surface area contributed by atoms with Crippen LogP contribution in [0.1, 0.15) is 6.92 Å². The topological polar surface area (TPSA) is 58.8 Å². The summed E-state index contributed by atoms with van der Waals surface area (Å²) in [6.45, 7) is 1.82. The van der Waals surface area contributed by atoms with Crippen molar-refractivity contribution in [2.24, 2.45) is 0 Å². The molecule has 7 heteroatoms. The van der Waals surface area contributed by atoms with Gasteiger partial charge in [0.05, 0.1) is 13.2 Å². The van der Waals surface area contributed by atoms with Crippen molar-refractivity contribution in [3.05, 3.63) is 17.1 Å². The molecule has 0 amide bonds. The molecule has 0 spiro atoms. The van der Waals surface area contributed by atoms with Crippen LogP contribution in [0, 0.1) is 5.21 Å². The zero-order valence-corrected chi connectivity index (χ0v) is 9.98. The minimum atomic E-state index is -1.31. The number of nitrogens with zero attached hydrogens (tertiary/aromatic N) is 4. The van der Waals surface area contributed by atoms with Crippen molar-refractivity contribution in [2.45, 2.75) is 13.1 Å². The molecule has 0 bridgehead atoms. The molecular weight excluding hydrogens is 216 g/mol. The van der Waals surface area contributed by atoms with Crippen LogP contribution in [0.2, 0.25) is 0 Å². The second-order valence-electron chi connectivity index (χ2n) is 3.68. The van der Waals surface area contributed by atoms with E-state index in [9.17, 15) is 9.76 Å². The van der Waals surface area contributed by atoms with E-state index in [0.29, 0.717) is 5.84 Å². The Labute approximate surface area is 92.1 Å². The predicted octanol–water partition coefficient (Wildman–Crippen LogP) is -0.516. The summed E-state index contributed by atoms with van der Waals surface area (Å²) >= 11 is -1.31. The van der Waals surface area contributed by atoms with Crippen molar-refractivity contribution in [1.29, 1.82) is 0 Å². The van der Waals surface area contributed by atoms with E-state index in [1.165, 1.54) is 4.31 Å². The maximum Gasteiger partial charge on any atom is 0.350 e. The van der Waals surface area contributed by atoms with E-state index in [4.69, 9.17) is 0 Å². The highest BCUT2D eigenvalue weighted by molar-refractivity contribution is 7.87. The number of amidine groups is 1. The van der Waals surface area contributed by atoms with Gasteiger partial charge in [-0.15, -0.1) is 0 Å². The average Bonchev–Trinajstić information content (AvgIpc) is 2.40. The van der Waals surface area contributed by atoms with E-state index in [2.05, 4.69) is 0 Å². The molecule has 0 aliphatic carbocycles. The fourth-order valence-electron chi connectivity index (χ4n) is 1.74. The lowest BCUT2D eigenvalue weighted by Gasteiger charge is -2.26. The Kier molecular flexibility index (Phi) is 2.23. The molecule has 2 unspecified atom stereocenters. The van der Waals surface area contributed by atoms with Crippen LogP contribution in [-0.4, -0.2) is 55.9 Å². The Morgan fingerprint density at radius 2 is 2.00 bits per heavy atom. The van der Waals surface area contributed by atoms with Crippen LogP contribution in [-0.2, 0) is 11.5 Å². The highest BCUT2D eigenvalue weighted by Crippen LogP contribution is 2.26. The van der Waals surface area contributed by atoms with Crippen molar-refractivity contribution >= 4 is 17.4 Å².